The number of nitrogens with one attached hydrogen (secondary N) is 1. The molecule has 11 nitrogen and oxygen atoms in total. The second kappa shape index (κ2) is 9.62. The van der Waals surface area contributed by atoms with Crippen LogP contribution in [0.2, 0.25) is 0 Å². The Hall–Kier alpha value is -3.15. The Kier molecular flexibility index (Phi) is 7.00. The van der Waals surface area contributed by atoms with Crippen molar-refractivity contribution in [2.24, 2.45) is 29.4 Å². The van der Waals surface area contributed by atoms with E-state index < -0.39 is 64.4 Å². The van der Waals surface area contributed by atoms with Gasteiger partial charge in [0, 0.05) is 23.6 Å². The Balaban J connectivity index is 1.83. The molecule has 6 atom stereocenters. The number of methoxy groups -OCH3 is 1. The number of rotatable bonds is 7. The van der Waals surface area contributed by atoms with Crippen LogP contribution in [0.25, 0.3) is 0 Å². The molecule has 11 heteroatoms. The van der Waals surface area contributed by atoms with Crippen LogP contribution in [0, 0.1) is 23.7 Å². The van der Waals surface area contributed by atoms with E-state index in [1.807, 2.05) is 6.92 Å². The lowest BCUT2D eigenvalue weighted by molar-refractivity contribution is -0.181. The maximum absolute atomic E-state index is 13.8. The predicted molar refractivity (Wildman–Crippen MR) is 130 cm³/mol. The number of hydrogen-bond acceptors (Lipinski definition) is 10. The zero-order chi connectivity index (χ0) is 27.4. The number of primary amides is 1. The van der Waals surface area contributed by atoms with E-state index >= 15 is 0 Å². The third-order valence-electron chi connectivity index (χ3n) is 8.03. The standard InChI is InChI=1S/C26H33N3O8/c1-5-6-28-10-12-9-15(30)17-13(22(12)37-4)7-11-8-14-19(29(2)3)21(32)18(25(27)35)24(34)26(14,36)23(33)16(11)20(17)31/h9,11,14,16,18-19,28,30,36H,5-8,10H2,1-4H3,(H2,27,35)/t11-,14-,16?,18?,19-,26-/m0/s1. The molecule has 200 valence electrons. The number of Topliss-reactive ketones (excluding diaryl/α,β-unsaturated/α-hetero) is 4. The molecular weight excluding hydrogens is 482 g/mol. The number of ketones is 4. The largest absolute Gasteiger partial charge is 0.507 e. The summed E-state index contributed by atoms with van der Waals surface area (Å²) in [5, 5.41) is 25.6. The van der Waals surface area contributed by atoms with E-state index in [0.29, 0.717) is 23.4 Å². The summed E-state index contributed by atoms with van der Waals surface area (Å²) >= 11 is 0. The van der Waals surface area contributed by atoms with E-state index in [-0.39, 0.29) is 24.2 Å². The number of nitrogens with two attached hydrogens (primary N) is 1. The number of nitrogens with zero attached hydrogens (tertiary/aromatic N) is 1. The molecule has 0 radical (unpaired) electrons. The number of phenols is 1. The number of likely N-dealkylation sites (N-methyl/N-ethyl adjacent to an activating group) is 1. The van der Waals surface area contributed by atoms with Crippen molar-refractivity contribution >= 4 is 29.0 Å². The smallest absolute Gasteiger partial charge is 0.235 e. The van der Waals surface area contributed by atoms with Gasteiger partial charge in [0.05, 0.1) is 24.6 Å². The molecule has 2 fully saturated rings. The number of phenolic OH excluding ortho intramolecular Hbond substituents is 1. The number of hydrogen-bond donors (Lipinski definition) is 4. The van der Waals surface area contributed by atoms with Crippen LogP contribution in [0.3, 0.4) is 0 Å². The Bertz CT molecular complexity index is 1190. The Morgan fingerprint density at radius 3 is 2.49 bits per heavy atom. The Morgan fingerprint density at radius 2 is 1.92 bits per heavy atom. The Morgan fingerprint density at radius 1 is 1.24 bits per heavy atom. The first kappa shape index (κ1) is 26.9. The molecule has 2 saturated carbocycles. The van der Waals surface area contributed by atoms with Crippen LogP contribution in [0.1, 0.15) is 41.3 Å². The molecule has 1 amide bonds. The molecule has 4 rings (SSSR count). The normalized spacial score (nSPS) is 31.1. The fourth-order valence-corrected chi connectivity index (χ4v) is 6.50. The summed E-state index contributed by atoms with van der Waals surface area (Å²) < 4.78 is 5.64. The number of carbonyl (C=O) groups is 5. The van der Waals surface area contributed by atoms with Gasteiger partial charge in [-0.25, -0.2) is 0 Å². The maximum Gasteiger partial charge on any atom is 0.235 e. The van der Waals surface area contributed by atoms with Gasteiger partial charge in [-0.2, -0.15) is 0 Å². The first-order valence-electron chi connectivity index (χ1n) is 12.4. The number of fused-ring (bicyclic) bond motifs is 3. The number of carbonyl (C=O) groups excluding carboxylic acids is 5. The van der Waals surface area contributed by atoms with E-state index in [9.17, 15) is 34.2 Å². The van der Waals surface area contributed by atoms with Crippen molar-refractivity contribution in [2.45, 2.75) is 44.4 Å². The van der Waals surface area contributed by atoms with Crippen LogP contribution >= 0.6 is 0 Å². The molecule has 0 heterocycles. The molecule has 5 N–H and O–H groups in total. The minimum absolute atomic E-state index is 0.00781. The van der Waals surface area contributed by atoms with Crippen molar-refractivity contribution < 1.29 is 38.9 Å². The number of benzene rings is 1. The molecule has 3 aliphatic carbocycles. The summed E-state index contributed by atoms with van der Waals surface area (Å²) in [6.07, 6.45) is 1.05. The third-order valence-corrected chi connectivity index (χ3v) is 8.03. The van der Waals surface area contributed by atoms with E-state index in [1.54, 1.807) is 14.1 Å². The monoisotopic (exact) mass is 515 g/mol. The van der Waals surface area contributed by atoms with Crippen LogP contribution < -0.4 is 15.8 Å². The minimum Gasteiger partial charge on any atom is -0.507 e. The molecular formula is C26H33N3O8. The number of ether oxygens (including phenoxy) is 1. The lowest BCUT2D eigenvalue weighted by Crippen LogP contribution is -2.74. The second-order valence-electron chi connectivity index (χ2n) is 10.4. The summed E-state index contributed by atoms with van der Waals surface area (Å²) in [6, 6.07) is 0.278. The van der Waals surface area contributed by atoms with Gasteiger partial charge in [-0.1, -0.05) is 6.92 Å². The zero-order valence-electron chi connectivity index (χ0n) is 21.4. The van der Waals surface area contributed by atoms with Gasteiger partial charge in [0.25, 0.3) is 0 Å². The first-order valence-corrected chi connectivity index (χ1v) is 12.4. The summed E-state index contributed by atoms with van der Waals surface area (Å²) in [6.45, 7) is 3.14. The molecule has 37 heavy (non-hydrogen) atoms. The van der Waals surface area contributed by atoms with Crippen molar-refractivity contribution in [3.63, 3.8) is 0 Å². The predicted octanol–water partition coefficient (Wildman–Crippen LogP) is -0.625. The highest BCUT2D eigenvalue weighted by atomic mass is 16.5. The average molecular weight is 516 g/mol. The van der Waals surface area contributed by atoms with E-state index in [1.165, 1.54) is 18.1 Å². The van der Waals surface area contributed by atoms with Crippen LogP contribution in [-0.4, -0.2) is 83.5 Å². The first-order chi connectivity index (χ1) is 17.4. The topological polar surface area (TPSA) is 176 Å². The summed E-state index contributed by atoms with van der Waals surface area (Å²) in [4.78, 5) is 67.4. The van der Waals surface area contributed by atoms with Crippen LogP contribution in [0.5, 0.6) is 11.5 Å². The molecule has 0 saturated heterocycles. The molecule has 1 aromatic carbocycles. The molecule has 0 bridgehead atoms. The quantitative estimate of drug-likeness (QED) is 0.270. The van der Waals surface area contributed by atoms with Crippen LogP contribution in [-0.2, 0) is 32.1 Å². The van der Waals surface area contributed by atoms with Crippen molar-refractivity contribution in [1.29, 1.82) is 0 Å². The molecule has 3 aliphatic rings. The van der Waals surface area contributed by atoms with E-state index in [0.717, 1.165) is 13.0 Å². The van der Waals surface area contributed by atoms with Crippen LogP contribution in [0.4, 0.5) is 0 Å². The molecule has 2 unspecified atom stereocenters. The van der Waals surface area contributed by atoms with Crippen molar-refractivity contribution in [2.75, 3.05) is 27.7 Å². The molecule has 0 aromatic heterocycles. The van der Waals surface area contributed by atoms with Gasteiger partial charge in [-0.15, -0.1) is 0 Å². The molecule has 0 spiro atoms. The summed E-state index contributed by atoms with van der Waals surface area (Å²) in [5.41, 5.74) is 3.61. The van der Waals surface area contributed by atoms with Crippen molar-refractivity contribution in [1.82, 2.24) is 10.2 Å². The summed E-state index contributed by atoms with van der Waals surface area (Å²) in [5.74, 6) is -10.2. The van der Waals surface area contributed by atoms with Gasteiger partial charge in [0.2, 0.25) is 5.91 Å². The fourth-order valence-electron chi connectivity index (χ4n) is 6.50. The van der Waals surface area contributed by atoms with E-state index in [4.69, 9.17) is 10.5 Å². The van der Waals surface area contributed by atoms with Gasteiger partial charge >= 0.3 is 0 Å². The summed E-state index contributed by atoms with van der Waals surface area (Å²) in [7, 11) is 4.55. The molecule has 0 aliphatic heterocycles. The average Bonchev–Trinajstić information content (AvgIpc) is 2.81. The number of aromatic hydroxyl groups is 1. The highest BCUT2D eigenvalue weighted by Gasteiger charge is 2.69. The van der Waals surface area contributed by atoms with Crippen molar-refractivity contribution in [3.8, 4) is 11.5 Å². The molecule has 1 aromatic rings. The SMILES string of the molecule is CCCNCc1cc(O)c2c(c1OC)C[C@H]1C[C@H]3[C@H](N(C)C)C(=O)C(C(N)=O)C(=O)[C@@]3(O)C(=O)C1C2=O. The van der Waals surface area contributed by atoms with Gasteiger partial charge in [0.1, 0.15) is 11.5 Å². The van der Waals surface area contributed by atoms with Gasteiger partial charge in [-0.3, -0.25) is 28.9 Å². The van der Waals surface area contributed by atoms with Gasteiger partial charge in [-0.05, 0) is 51.9 Å². The second-order valence-corrected chi connectivity index (χ2v) is 10.4. The third kappa shape index (κ3) is 3.87. The maximum atomic E-state index is 13.8. The highest BCUT2D eigenvalue weighted by molar-refractivity contribution is 6.32. The van der Waals surface area contributed by atoms with E-state index in [2.05, 4.69) is 5.32 Å². The number of aliphatic hydroxyl groups is 1. The highest BCUT2D eigenvalue weighted by Crippen LogP contribution is 2.52. The van der Waals surface area contributed by atoms with Crippen LogP contribution in [0.15, 0.2) is 6.07 Å². The number of amides is 1. The lowest BCUT2D eigenvalue weighted by Gasteiger charge is -2.52. The zero-order valence-corrected chi connectivity index (χ0v) is 21.4. The lowest BCUT2D eigenvalue weighted by atomic mass is 9.52. The minimum atomic E-state index is -2.74. The Labute approximate surface area is 214 Å². The van der Waals surface area contributed by atoms with Gasteiger partial charge in [0.15, 0.2) is 34.7 Å². The fraction of sp³-hybridized carbons (Fsp3) is 0.577. The van der Waals surface area contributed by atoms with Crippen molar-refractivity contribution in [3.05, 3.63) is 22.8 Å². The van der Waals surface area contributed by atoms with Gasteiger partial charge < -0.3 is 26.0 Å².